The number of carbonyl (C=O) groups is 1. The summed E-state index contributed by atoms with van der Waals surface area (Å²) in [6.07, 6.45) is 3.91. The van der Waals surface area contributed by atoms with Crippen LogP contribution in [0.3, 0.4) is 0 Å². The van der Waals surface area contributed by atoms with Crippen molar-refractivity contribution in [1.29, 1.82) is 0 Å². The summed E-state index contributed by atoms with van der Waals surface area (Å²) in [5.41, 5.74) is 2.23. The van der Waals surface area contributed by atoms with Crippen LogP contribution in [0.5, 0.6) is 0 Å². The fraction of sp³-hybridized carbons (Fsp3) is 0.333. The standard InChI is InChI=1S/C27H28Cl2N6O/c1-3-7-18(2)24-31-25(22-17-30-35(26(22)32-24)20-8-5-4-6-9-20)33-12-14-34(15-13-33)27(36)21-11-10-19(28)16-23(21)29/h4-6,8-11,16-18H,3,7,12-15H2,1-2H3. The lowest BCUT2D eigenvalue weighted by atomic mass is 10.1. The van der Waals surface area contributed by atoms with Gasteiger partial charge in [-0.25, -0.2) is 14.6 Å². The zero-order valence-electron chi connectivity index (χ0n) is 20.4. The van der Waals surface area contributed by atoms with Crippen molar-refractivity contribution in [3.63, 3.8) is 0 Å². The summed E-state index contributed by atoms with van der Waals surface area (Å²) in [6, 6.07) is 15.0. The Hall–Kier alpha value is -3.16. The third kappa shape index (κ3) is 4.77. The molecule has 5 rings (SSSR count). The van der Waals surface area contributed by atoms with Gasteiger partial charge in [0.15, 0.2) is 5.65 Å². The van der Waals surface area contributed by atoms with Crippen LogP contribution in [0.15, 0.2) is 54.7 Å². The van der Waals surface area contributed by atoms with Gasteiger partial charge < -0.3 is 9.80 Å². The van der Waals surface area contributed by atoms with E-state index in [9.17, 15) is 4.79 Å². The van der Waals surface area contributed by atoms with Crippen molar-refractivity contribution in [3.8, 4) is 5.69 Å². The quantitative estimate of drug-likeness (QED) is 0.311. The maximum Gasteiger partial charge on any atom is 0.255 e. The number of aromatic nitrogens is 4. The van der Waals surface area contributed by atoms with Crippen molar-refractivity contribution >= 4 is 46.0 Å². The van der Waals surface area contributed by atoms with Crippen LogP contribution in [0.1, 0.15) is 48.8 Å². The van der Waals surface area contributed by atoms with Crippen LogP contribution in [0.2, 0.25) is 10.0 Å². The Bertz CT molecular complexity index is 1380. The van der Waals surface area contributed by atoms with E-state index in [0.29, 0.717) is 41.8 Å². The summed E-state index contributed by atoms with van der Waals surface area (Å²) in [5.74, 6) is 1.84. The number of nitrogens with zero attached hydrogens (tertiary/aromatic N) is 6. The number of amides is 1. The van der Waals surface area contributed by atoms with E-state index >= 15 is 0 Å². The summed E-state index contributed by atoms with van der Waals surface area (Å²) in [5, 5.41) is 6.46. The summed E-state index contributed by atoms with van der Waals surface area (Å²) >= 11 is 12.3. The van der Waals surface area contributed by atoms with E-state index in [1.54, 1.807) is 18.2 Å². The summed E-state index contributed by atoms with van der Waals surface area (Å²) < 4.78 is 1.88. The molecule has 2 aromatic heterocycles. The molecule has 7 nitrogen and oxygen atoms in total. The van der Waals surface area contributed by atoms with Crippen LogP contribution in [0.4, 0.5) is 5.82 Å². The number of para-hydroxylation sites is 1. The van der Waals surface area contributed by atoms with E-state index in [2.05, 4.69) is 23.8 Å². The molecule has 1 unspecified atom stereocenters. The average molecular weight is 523 g/mol. The topological polar surface area (TPSA) is 67.2 Å². The fourth-order valence-electron chi connectivity index (χ4n) is 4.65. The number of anilines is 1. The minimum Gasteiger partial charge on any atom is -0.352 e. The van der Waals surface area contributed by atoms with Crippen molar-refractivity contribution in [2.75, 3.05) is 31.1 Å². The lowest BCUT2D eigenvalue weighted by Crippen LogP contribution is -2.49. The van der Waals surface area contributed by atoms with E-state index in [0.717, 1.165) is 41.2 Å². The smallest absolute Gasteiger partial charge is 0.255 e. The van der Waals surface area contributed by atoms with E-state index in [1.165, 1.54) is 0 Å². The molecule has 186 valence electrons. The van der Waals surface area contributed by atoms with Gasteiger partial charge >= 0.3 is 0 Å². The van der Waals surface area contributed by atoms with Crippen molar-refractivity contribution in [1.82, 2.24) is 24.6 Å². The van der Waals surface area contributed by atoms with Gasteiger partial charge in [0.05, 0.1) is 27.9 Å². The predicted octanol–water partition coefficient (Wildman–Crippen LogP) is 5.99. The van der Waals surface area contributed by atoms with Crippen LogP contribution in [-0.2, 0) is 0 Å². The zero-order valence-corrected chi connectivity index (χ0v) is 21.9. The van der Waals surface area contributed by atoms with Gasteiger partial charge in [-0.05, 0) is 36.8 Å². The van der Waals surface area contributed by atoms with Gasteiger partial charge in [-0.3, -0.25) is 4.79 Å². The number of rotatable bonds is 6. The molecule has 1 aliphatic heterocycles. The molecule has 0 bridgehead atoms. The van der Waals surface area contributed by atoms with E-state index < -0.39 is 0 Å². The molecule has 9 heteroatoms. The molecule has 2 aromatic carbocycles. The monoisotopic (exact) mass is 522 g/mol. The Morgan fingerprint density at radius 2 is 1.78 bits per heavy atom. The van der Waals surface area contributed by atoms with E-state index in [1.807, 2.05) is 46.1 Å². The molecule has 0 radical (unpaired) electrons. The second-order valence-corrected chi connectivity index (χ2v) is 9.97. The summed E-state index contributed by atoms with van der Waals surface area (Å²) in [6.45, 7) is 6.78. The van der Waals surface area contributed by atoms with Gasteiger partial charge in [0.25, 0.3) is 5.91 Å². The number of halogens is 2. The van der Waals surface area contributed by atoms with Gasteiger partial charge in [0, 0.05) is 37.1 Å². The molecule has 4 aromatic rings. The highest BCUT2D eigenvalue weighted by Crippen LogP contribution is 2.30. The highest BCUT2D eigenvalue weighted by molar-refractivity contribution is 6.36. The first-order valence-electron chi connectivity index (χ1n) is 12.3. The Labute approximate surface area is 220 Å². The predicted molar refractivity (Wildman–Crippen MR) is 145 cm³/mol. The maximum atomic E-state index is 13.1. The number of piperazine rings is 1. The van der Waals surface area contributed by atoms with Crippen molar-refractivity contribution < 1.29 is 4.79 Å². The van der Waals surface area contributed by atoms with Gasteiger partial charge in [0.2, 0.25) is 0 Å². The molecule has 36 heavy (non-hydrogen) atoms. The van der Waals surface area contributed by atoms with Crippen molar-refractivity contribution in [2.24, 2.45) is 0 Å². The molecule has 1 atom stereocenters. The van der Waals surface area contributed by atoms with Gasteiger partial charge in [-0.1, -0.05) is 61.7 Å². The molecule has 1 fully saturated rings. The van der Waals surface area contributed by atoms with Crippen LogP contribution in [0.25, 0.3) is 16.7 Å². The number of carbonyl (C=O) groups excluding carboxylic acids is 1. The second-order valence-electron chi connectivity index (χ2n) is 9.13. The molecule has 1 amide bonds. The SMILES string of the molecule is CCCC(C)c1nc(N2CCN(C(=O)c3ccc(Cl)cc3Cl)CC2)c2cnn(-c3ccccc3)c2n1. The fourth-order valence-corrected chi connectivity index (χ4v) is 5.14. The first kappa shape index (κ1) is 24.5. The Kier molecular flexibility index (Phi) is 7.12. The third-order valence-electron chi connectivity index (χ3n) is 6.62. The Morgan fingerprint density at radius 1 is 1.03 bits per heavy atom. The van der Waals surface area contributed by atoms with Gasteiger partial charge in [-0.2, -0.15) is 5.10 Å². The summed E-state index contributed by atoms with van der Waals surface area (Å²) in [7, 11) is 0. The maximum absolute atomic E-state index is 13.1. The minimum atomic E-state index is -0.0849. The Morgan fingerprint density at radius 3 is 2.47 bits per heavy atom. The molecule has 3 heterocycles. The third-order valence-corrected chi connectivity index (χ3v) is 7.16. The summed E-state index contributed by atoms with van der Waals surface area (Å²) in [4.78, 5) is 27.1. The van der Waals surface area contributed by atoms with Crippen LogP contribution in [0, 0.1) is 0 Å². The van der Waals surface area contributed by atoms with Crippen LogP contribution >= 0.6 is 23.2 Å². The highest BCUT2D eigenvalue weighted by Gasteiger charge is 2.27. The van der Waals surface area contributed by atoms with Gasteiger partial charge in [0.1, 0.15) is 11.6 Å². The second kappa shape index (κ2) is 10.4. The van der Waals surface area contributed by atoms with Crippen molar-refractivity contribution in [2.45, 2.75) is 32.6 Å². The van der Waals surface area contributed by atoms with Gasteiger partial charge in [-0.15, -0.1) is 0 Å². The first-order chi connectivity index (χ1) is 17.5. The number of benzene rings is 2. The Balaban J connectivity index is 1.45. The zero-order chi connectivity index (χ0) is 25.2. The van der Waals surface area contributed by atoms with Crippen LogP contribution < -0.4 is 4.90 Å². The molecular weight excluding hydrogens is 495 g/mol. The normalized spacial score (nSPS) is 14.9. The molecular formula is C27H28Cl2N6O. The molecule has 0 spiro atoms. The van der Waals surface area contributed by atoms with Crippen molar-refractivity contribution in [3.05, 3.63) is 76.2 Å². The highest BCUT2D eigenvalue weighted by atomic mass is 35.5. The molecule has 0 saturated carbocycles. The lowest BCUT2D eigenvalue weighted by Gasteiger charge is -2.36. The first-order valence-corrected chi connectivity index (χ1v) is 13.0. The minimum absolute atomic E-state index is 0.0849. The molecule has 0 aliphatic carbocycles. The van der Waals surface area contributed by atoms with E-state index in [-0.39, 0.29) is 11.8 Å². The molecule has 1 saturated heterocycles. The lowest BCUT2D eigenvalue weighted by molar-refractivity contribution is 0.0747. The van der Waals surface area contributed by atoms with Crippen LogP contribution in [-0.4, -0.2) is 56.7 Å². The number of hydrogen-bond acceptors (Lipinski definition) is 5. The molecule has 0 N–H and O–H groups in total. The number of fused-ring (bicyclic) bond motifs is 1. The average Bonchev–Trinajstić information content (AvgIpc) is 3.33. The van der Waals surface area contributed by atoms with E-state index in [4.69, 9.17) is 33.2 Å². The molecule has 1 aliphatic rings. The largest absolute Gasteiger partial charge is 0.352 e. The number of hydrogen-bond donors (Lipinski definition) is 0.